The van der Waals surface area contributed by atoms with E-state index in [4.69, 9.17) is 0 Å². The molecule has 0 heterocycles. The Labute approximate surface area is 310 Å². The van der Waals surface area contributed by atoms with Crippen LogP contribution in [0.1, 0.15) is 194 Å². The molecule has 0 saturated carbocycles. The number of carbonyl (C=O) groups is 1. The summed E-state index contributed by atoms with van der Waals surface area (Å²) in [4.78, 5) is 12.3. The van der Waals surface area contributed by atoms with E-state index in [0.717, 1.165) is 57.8 Å². The van der Waals surface area contributed by atoms with Crippen LogP contribution in [0.5, 0.6) is 0 Å². The molecule has 288 valence electrons. The van der Waals surface area contributed by atoms with Crippen LogP contribution in [-0.2, 0) is 4.79 Å². The fraction of sp³-hybridized carbons (Fsp3) is 0.717. The van der Waals surface area contributed by atoms with Crippen molar-refractivity contribution < 1.29 is 15.0 Å². The Hall–Kier alpha value is -2.17. The van der Waals surface area contributed by atoms with Gasteiger partial charge in [-0.15, -0.1) is 0 Å². The normalized spacial score (nSPS) is 13.8. The van der Waals surface area contributed by atoms with Crippen molar-refractivity contribution in [1.82, 2.24) is 5.32 Å². The second-order valence-electron chi connectivity index (χ2n) is 14.0. The Morgan fingerprint density at radius 2 is 0.880 bits per heavy atom. The summed E-state index contributed by atoms with van der Waals surface area (Å²) in [5.74, 6) is -0.0718. The van der Waals surface area contributed by atoms with Crippen LogP contribution in [0.3, 0.4) is 0 Å². The molecule has 0 aliphatic rings. The molecule has 0 rings (SSSR count). The van der Waals surface area contributed by atoms with E-state index in [9.17, 15) is 15.0 Å². The van der Waals surface area contributed by atoms with Gasteiger partial charge in [-0.1, -0.05) is 196 Å². The molecule has 0 aliphatic heterocycles. The molecule has 2 unspecified atom stereocenters. The number of carbonyl (C=O) groups excluding carboxylic acids is 1. The molecule has 4 heteroatoms. The van der Waals surface area contributed by atoms with Crippen LogP contribution in [0.15, 0.2) is 72.9 Å². The number of hydrogen-bond acceptors (Lipinski definition) is 3. The van der Waals surface area contributed by atoms with Gasteiger partial charge < -0.3 is 15.5 Å². The number of aliphatic hydroxyl groups is 2. The molecule has 0 aliphatic carbocycles. The molecule has 3 N–H and O–H groups in total. The second kappa shape index (κ2) is 41.3. The Morgan fingerprint density at radius 3 is 1.32 bits per heavy atom. The average molecular weight is 696 g/mol. The predicted octanol–water partition coefficient (Wildman–Crippen LogP) is 13.1. The third kappa shape index (κ3) is 37.1. The summed E-state index contributed by atoms with van der Waals surface area (Å²) in [5, 5.41) is 22.7. The van der Waals surface area contributed by atoms with Gasteiger partial charge in [0.15, 0.2) is 0 Å². The van der Waals surface area contributed by atoms with Gasteiger partial charge in [0.25, 0.3) is 0 Å². The van der Waals surface area contributed by atoms with Crippen LogP contribution >= 0.6 is 0 Å². The van der Waals surface area contributed by atoms with Crippen LogP contribution < -0.4 is 5.32 Å². The minimum Gasteiger partial charge on any atom is -0.394 e. The van der Waals surface area contributed by atoms with Crippen molar-refractivity contribution in [3.63, 3.8) is 0 Å². The van der Waals surface area contributed by atoms with Crippen molar-refractivity contribution >= 4 is 5.91 Å². The minimum atomic E-state index is -0.837. The van der Waals surface area contributed by atoms with E-state index in [1.165, 1.54) is 116 Å². The summed E-state index contributed by atoms with van der Waals surface area (Å²) in [5.41, 5.74) is 0. The zero-order chi connectivity index (χ0) is 36.4. The third-order valence-corrected chi connectivity index (χ3v) is 9.20. The lowest BCUT2D eigenvalue weighted by atomic mass is 10.0. The predicted molar refractivity (Wildman–Crippen MR) is 220 cm³/mol. The number of allylic oxidation sites excluding steroid dienone is 11. The highest BCUT2D eigenvalue weighted by molar-refractivity contribution is 5.76. The molecule has 0 bridgehead atoms. The zero-order valence-electron chi connectivity index (χ0n) is 32.9. The van der Waals surface area contributed by atoms with E-state index in [1.807, 2.05) is 6.08 Å². The number of aliphatic hydroxyl groups excluding tert-OH is 2. The summed E-state index contributed by atoms with van der Waals surface area (Å²) in [6.45, 7) is 4.13. The fourth-order valence-electron chi connectivity index (χ4n) is 5.97. The first-order valence-corrected chi connectivity index (χ1v) is 21.2. The average Bonchev–Trinajstić information content (AvgIpc) is 3.12. The highest BCUT2D eigenvalue weighted by Crippen LogP contribution is 2.14. The van der Waals surface area contributed by atoms with E-state index in [1.54, 1.807) is 6.08 Å². The van der Waals surface area contributed by atoms with Gasteiger partial charge in [-0.25, -0.2) is 0 Å². The van der Waals surface area contributed by atoms with E-state index in [0.29, 0.717) is 6.42 Å². The van der Waals surface area contributed by atoms with Gasteiger partial charge in [0.05, 0.1) is 18.8 Å². The first-order chi connectivity index (χ1) is 24.7. The molecule has 50 heavy (non-hydrogen) atoms. The zero-order valence-corrected chi connectivity index (χ0v) is 32.9. The van der Waals surface area contributed by atoms with Crippen molar-refractivity contribution in [1.29, 1.82) is 0 Å². The number of hydrogen-bond donors (Lipinski definition) is 3. The summed E-state index contributed by atoms with van der Waals surface area (Å²) >= 11 is 0. The smallest absolute Gasteiger partial charge is 0.220 e. The highest BCUT2D eigenvalue weighted by Gasteiger charge is 2.17. The Bertz CT molecular complexity index is 884. The lowest BCUT2D eigenvalue weighted by Gasteiger charge is -2.20. The lowest BCUT2D eigenvalue weighted by molar-refractivity contribution is -0.123. The molecule has 0 radical (unpaired) electrons. The molecule has 4 nitrogen and oxygen atoms in total. The fourth-order valence-corrected chi connectivity index (χ4v) is 5.97. The number of rotatable bonds is 37. The standard InChI is InChI=1S/C46H81NO3/c1-3-5-7-9-11-12-13-14-15-16-17-18-19-20-21-22-23-24-25-26-27-28-29-30-31-32-33-34-36-38-40-42-46(50)47-44(43-48)45(49)41-39-37-35-10-8-6-4-2/h5,7,11-12,14-15,17-18,20-21,39,41,44-45,48-49H,3-4,6,8-10,13,16,19,22-38,40,42-43H2,1-2H3,(H,47,50)/b7-5-,12-11-,15-14-,18-17-,21-20-,41-39+. The van der Waals surface area contributed by atoms with Gasteiger partial charge in [-0.2, -0.15) is 0 Å². The maximum absolute atomic E-state index is 12.3. The molecule has 0 fully saturated rings. The van der Waals surface area contributed by atoms with Crippen LogP contribution in [0.25, 0.3) is 0 Å². The van der Waals surface area contributed by atoms with E-state index in [2.05, 4.69) is 79.9 Å². The lowest BCUT2D eigenvalue weighted by Crippen LogP contribution is -2.45. The number of unbranched alkanes of at least 4 members (excludes halogenated alkanes) is 20. The summed E-state index contributed by atoms with van der Waals surface area (Å²) < 4.78 is 0. The molecule has 0 aromatic heterocycles. The maximum Gasteiger partial charge on any atom is 0.220 e. The van der Waals surface area contributed by atoms with Crippen molar-refractivity contribution in [2.75, 3.05) is 6.61 Å². The number of amides is 1. The van der Waals surface area contributed by atoms with Gasteiger partial charge in [-0.05, 0) is 64.2 Å². The summed E-state index contributed by atoms with van der Waals surface area (Å²) in [7, 11) is 0. The quantitative estimate of drug-likeness (QED) is 0.0447. The van der Waals surface area contributed by atoms with E-state index >= 15 is 0 Å². The Balaban J connectivity index is 3.48. The monoisotopic (exact) mass is 696 g/mol. The summed E-state index contributed by atoms with van der Waals surface area (Å²) in [6, 6.07) is -0.621. The molecule has 0 aromatic carbocycles. The Morgan fingerprint density at radius 1 is 0.500 bits per heavy atom. The van der Waals surface area contributed by atoms with Crippen molar-refractivity contribution in [2.45, 2.75) is 206 Å². The van der Waals surface area contributed by atoms with Gasteiger partial charge in [-0.3, -0.25) is 4.79 Å². The van der Waals surface area contributed by atoms with Gasteiger partial charge >= 0.3 is 0 Å². The molecule has 0 aromatic rings. The maximum atomic E-state index is 12.3. The molecule has 1 amide bonds. The van der Waals surface area contributed by atoms with Gasteiger partial charge in [0.2, 0.25) is 5.91 Å². The Kier molecular flexibility index (Phi) is 39.5. The van der Waals surface area contributed by atoms with Gasteiger partial charge in [0.1, 0.15) is 0 Å². The first-order valence-electron chi connectivity index (χ1n) is 21.2. The van der Waals surface area contributed by atoms with Crippen molar-refractivity contribution in [3.8, 4) is 0 Å². The topological polar surface area (TPSA) is 69.6 Å². The van der Waals surface area contributed by atoms with Crippen LogP contribution in [-0.4, -0.2) is 34.9 Å². The van der Waals surface area contributed by atoms with Crippen LogP contribution in [0.2, 0.25) is 0 Å². The molecule has 0 saturated heterocycles. The molecule has 2 atom stereocenters. The van der Waals surface area contributed by atoms with Gasteiger partial charge in [0, 0.05) is 6.42 Å². The molecule has 0 spiro atoms. The minimum absolute atomic E-state index is 0.0718. The third-order valence-electron chi connectivity index (χ3n) is 9.20. The highest BCUT2D eigenvalue weighted by atomic mass is 16.3. The molecular formula is C46H81NO3. The second-order valence-corrected chi connectivity index (χ2v) is 14.0. The van der Waals surface area contributed by atoms with Crippen molar-refractivity contribution in [3.05, 3.63) is 72.9 Å². The van der Waals surface area contributed by atoms with Crippen LogP contribution in [0, 0.1) is 0 Å². The largest absolute Gasteiger partial charge is 0.394 e. The van der Waals surface area contributed by atoms with Crippen molar-refractivity contribution in [2.24, 2.45) is 0 Å². The molecular weight excluding hydrogens is 615 g/mol. The summed E-state index contributed by atoms with van der Waals surface area (Å²) in [6.07, 6.45) is 58.9. The van der Waals surface area contributed by atoms with E-state index in [-0.39, 0.29) is 12.5 Å². The first kappa shape index (κ1) is 47.8. The van der Waals surface area contributed by atoms with E-state index < -0.39 is 12.1 Å². The van der Waals surface area contributed by atoms with Crippen LogP contribution in [0.4, 0.5) is 0 Å². The number of nitrogens with one attached hydrogen (secondary N) is 1. The SMILES string of the molecule is CC/C=C\C/C=C\C/C=C\C/C=C\C/C=C\CCCCCCCCCCCCCCCCCC(=O)NC(CO)C(O)/C=C/CCCCCCC.